The minimum Gasteiger partial charge on any atom is -0.322 e. The number of halogens is 1. The van der Waals surface area contributed by atoms with E-state index in [1.54, 1.807) is 11.0 Å². The van der Waals surface area contributed by atoms with Gasteiger partial charge in [-0.05, 0) is 77.1 Å². The number of amides is 1. The Labute approximate surface area is 183 Å². The zero-order valence-electron chi connectivity index (χ0n) is 16.8. The van der Waals surface area contributed by atoms with Crippen LogP contribution in [0, 0.1) is 13.8 Å². The molecule has 0 aliphatic rings. The van der Waals surface area contributed by atoms with Gasteiger partial charge in [0.1, 0.15) is 0 Å². The first kappa shape index (κ1) is 20.1. The smallest absolute Gasteiger partial charge is 0.259 e. The lowest BCUT2D eigenvalue weighted by molar-refractivity contribution is 0.0984. The van der Waals surface area contributed by atoms with E-state index in [4.69, 9.17) is 0 Å². The number of para-hydroxylation sites is 1. The molecular formula is C25H21BrN2O2. The van der Waals surface area contributed by atoms with Crippen molar-refractivity contribution in [1.82, 2.24) is 4.98 Å². The van der Waals surface area contributed by atoms with E-state index < -0.39 is 0 Å². The molecule has 0 aliphatic carbocycles. The van der Waals surface area contributed by atoms with Crippen molar-refractivity contribution in [3.8, 4) is 0 Å². The van der Waals surface area contributed by atoms with Crippen LogP contribution in [0.3, 0.4) is 0 Å². The highest BCUT2D eigenvalue weighted by atomic mass is 79.9. The monoisotopic (exact) mass is 460 g/mol. The third-order valence-corrected chi connectivity index (χ3v) is 5.85. The molecule has 3 aromatic carbocycles. The largest absolute Gasteiger partial charge is 0.322 e. The molecule has 0 unspecified atom stereocenters. The number of rotatable bonds is 4. The van der Waals surface area contributed by atoms with Gasteiger partial charge in [-0.15, -0.1) is 0 Å². The van der Waals surface area contributed by atoms with Crippen molar-refractivity contribution in [2.75, 3.05) is 4.90 Å². The summed E-state index contributed by atoms with van der Waals surface area (Å²) >= 11 is 3.48. The summed E-state index contributed by atoms with van der Waals surface area (Å²) in [6.45, 7) is 4.15. The number of fused-ring (bicyclic) bond motifs is 1. The van der Waals surface area contributed by atoms with Gasteiger partial charge in [-0.3, -0.25) is 9.59 Å². The number of aromatic nitrogens is 1. The summed E-state index contributed by atoms with van der Waals surface area (Å²) in [5, 5.41) is 0.947. The summed E-state index contributed by atoms with van der Waals surface area (Å²) in [5.41, 5.74) is 4.54. The molecule has 0 radical (unpaired) electrons. The van der Waals surface area contributed by atoms with Crippen LogP contribution in [0.15, 0.2) is 82.1 Å². The van der Waals surface area contributed by atoms with Gasteiger partial charge >= 0.3 is 0 Å². The van der Waals surface area contributed by atoms with E-state index in [1.807, 2.05) is 80.6 Å². The van der Waals surface area contributed by atoms with E-state index in [2.05, 4.69) is 20.9 Å². The molecule has 0 fully saturated rings. The summed E-state index contributed by atoms with van der Waals surface area (Å²) in [7, 11) is 0. The van der Waals surface area contributed by atoms with E-state index in [0.29, 0.717) is 11.1 Å². The molecule has 4 nitrogen and oxygen atoms in total. The Hall–Kier alpha value is -3.18. The second-order valence-electron chi connectivity index (χ2n) is 7.37. The number of hydrogen-bond donors (Lipinski definition) is 1. The van der Waals surface area contributed by atoms with Gasteiger partial charge in [0.2, 0.25) is 0 Å². The molecule has 0 bridgehead atoms. The molecule has 0 spiro atoms. The number of pyridine rings is 1. The lowest BCUT2D eigenvalue weighted by Gasteiger charge is -2.25. The molecule has 1 heterocycles. The lowest BCUT2D eigenvalue weighted by Crippen LogP contribution is -2.33. The van der Waals surface area contributed by atoms with Crippen LogP contribution < -0.4 is 10.5 Å². The third-order valence-electron chi connectivity index (χ3n) is 5.16. The van der Waals surface area contributed by atoms with Crippen LogP contribution >= 0.6 is 15.9 Å². The highest BCUT2D eigenvalue weighted by Crippen LogP contribution is 2.26. The molecule has 4 rings (SSSR count). The molecule has 0 saturated heterocycles. The van der Waals surface area contributed by atoms with Gasteiger partial charge < -0.3 is 9.88 Å². The van der Waals surface area contributed by atoms with Crippen molar-refractivity contribution >= 4 is 38.4 Å². The molecule has 150 valence electrons. The maximum atomic E-state index is 13.5. The number of anilines is 1. The van der Waals surface area contributed by atoms with Crippen molar-refractivity contribution in [2.45, 2.75) is 20.4 Å². The third kappa shape index (κ3) is 3.94. The quantitative estimate of drug-likeness (QED) is 0.421. The van der Waals surface area contributed by atoms with E-state index in [0.717, 1.165) is 32.2 Å². The second kappa shape index (κ2) is 8.28. The van der Waals surface area contributed by atoms with Crippen LogP contribution in [0.25, 0.3) is 10.9 Å². The number of hydrogen-bond acceptors (Lipinski definition) is 2. The predicted molar refractivity (Wildman–Crippen MR) is 125 cm³/mol. The SMILES string of the molecule is Cc1ccc2[nH]c(=O)c(CN(C(=O)c3ccccc3Br)c3ccccc3C)cc2c1. The zero-order valence-corrected chi connectivity index (χ0v) is 18.4. The molecule has 30 heavy (non-hydrogen) atoms. The van der Waals surface area contributed by atoms with Crippen molar-refractivity contribution in [3.05, 3.63) is 110 Å². The Balaban J connectivity index is 1.83. The lowest BCUT2D eigenvalue weighted by atomic mass is 10.1. The minimum absolute atomic E-state index is 0.166. The molecule has 0 atom stereocenters. The number of carbonyl (C=O) groups excluding carboxylic acids is 1. The number of aromatic amines is 1. The van der Waals surface area contributed by atoms with Crippen molar-refractivity contribution in [1.29, 1.82) is 0 Å². The number of carbonyl (C=O) groups is 1. The molecular weight excluding hydrogens is 440 g/mol. The van der Waals surface area contributed by atoms with Gasteiger partial charge in [0.05, 0.1) is 12.1 Å². The Morgan fingerprint density at radius 2 is 1.70 bits per heavy atom. The van der Waals surface area contributed by atoms with Gasteiger partial charge in [0, 0.05) is 21.2 Å². The van der Waals surface area contributed by atoms with E-state index in [-0.39, 0.29) is 18.0 Å². The van der Waals surface area contributed by atoms with Crippen LogP contribution in [0.4, 0.5) is 5.69 Å². The van der Waals surface area contributed by atoms with Gasteiger partial charge in [0.25, 0.3) is 11.5 Å². The maximum Gasteiger partial charge on any atom is 0.259 e. The van der Waals surface area contributed by atoms with Crippen molar-refractivity contribution in [2.24, 2.45) is 0 Å². The highest BCUT2D eigenvalue weighted by Gasteiger charge is 2.22. The summed E-state index contributed by atoms with van der Waals surface area (Å²) in [6, 6.07) is 22.8. The summed E-state index contributed by atoms with van der Waals surface area (Å²) in [6.07, 6.45) is 0. The van der Waals surface area contributed by atoms with Gasteiger partial charge in [0.15, 0.2) is 0 Å². The van der Waals surface area contributed by atoms with Crippen LogP contribution in [0.2, 0.25) is 0 Å². The average Bonchev–Trinajstić information content (AvgIpc) is 2.73. The molecule has 5 heteroatoms. The molecule has 0 aliphatic heterocycles. The standard InChI is InChI=1S/C25H21BrN2O2/c1-16-11-12-22-18(13-16)14-19(24(29)27-22)15-28(23-10-6-3-7-17(23)2)25(30)20-8-4-5-9-21(20)26/h3-14H,15H2,1-2H3,(H,27,29). The molecule has 0 saturated carbocycles. The second-order valence-corrected chi connectivity index (χ2v) is 8.23. The number of aryl methyl sites for hydroxylation is 2. The first-order valence-corrected chi connectivity index (χ1v) is 10.5. The van der Waals surface area contributed by atoms with Crippen LogP contribution in [-0.2, 0) is 6.54 Å². The first-order valence-electron chi connectivity index (χ1n) is 9.68. The summed E-state index contributed by atoms with van der Waals surface area (Å²) in [4.78, 5) is 30.9. The van der Waals surface area contributed by atoms with E-state index >= 15 is 0 Å². The average molecular weight is 461 g/mol. The molecule has 1 N–H and O–H groups in total. The Bertz CT molecular complexity index is 1310. The number of nitrogens with one attached hydrogen (secondary N) is 1. The Kier molecular flexibility index (Phi) is 5.55. The van der Waals surface area contributed by atoms with Crippen LogP contribution in [0.5, 0.6) is 0 Å². The Morgan fingerprint density at radius 1 is 0.967 bits per heavy atom. The zero-order chi connectivity index (χ0) is 21.3. The summed E-state index contributed by atoms with van der Waals surface area (Å²) in [5.74, 6) is -0.166. The molecule has 4 aromatic rings. The topological polar surface area (TPSA) is 53.2 Å². The number of H-pyrrole nitrogens is 1. The Morgan fingerprint density at radius 3 is 2.47 bits per heavy atom. The first-order chi connectivity index (χ1) is 14.4. The molecule has 1 amide bonds. The normalized spacial score (nSPS) is 10.9. The minimum atomic E-state index is -0.190. The van der Waals surface area contributed by atoms with E-state index in [9.17, 15) is 9.59 Å². The fourth-order valence-corrected chi connectivity index (χ4v) is 4.03. The maximum absolute atomic E-state index is 13.5. The van der Waals surface area contributed by atoms with E-state index in [1.165, 1.54) is 0 Å². The van der Waals surface area contributed by atoms with Crippen molar-refractivity contribution in [3.63, 3.8) is 0 Å². The highest BCUT2D eigenvalue weighted by molar-refractivity contribution is 9.10. The van der Waals surface area contributed by atoms with Crippen LogP contribution in [0.1, 0.15) is 27.0 Å². The summed E-state index contributed by atoms with van der Waals surface area (Å²) < 4.78 is 0.719. The fraction of sp³-hybridized carbons (Fsp3) is 0.120. The predicted octanol–water partition coefficient (Wildman–Crippen LogP) is 5.75. The van der Waals surface area contributed by atoms with Gasteiger partial charge in [-0.2, -0.15) is 0 Å². The number of benzene rings is 3. The number of nitrogens with zero attached hydrogens (tertiary/aromatic N) is 1. The van der Waals surface area contributed by atoms with Gasteiger partial charge in [-0.1, -0.05) is 42.0 Å². The van der Waals surface area contributed by atoms with Crippen molar-refractivity contribution < 1.29 is 4.79 Å². The molecule has 1 aromatic heterocycles. The van der Waals surface area contributed by atoms with Gasteiger partial charge in [-0.25, -0.2) is 0 Å². The fourth-order valence-electron chi connectivity index (χ4n) is 3.57. The van der Waals surface area contributed by atoms with Crippen LogP contribution in [-0.4, -0.2) is 10.9 Å².